The molecular formula is C20H21N3O4S. The molecule has 8 heteroatoms. The minimum atomic E-state index is -3.39. The van der Waals surface area contributed by atoms with E-state index in [-0.39, 0.29) is 16.7 Å². The Kier molecular flexibility index (Phi) is 5.33. The first-order valence-corrected chi connectivity index (χ1v) is 10.6. The molecule has 28 heavy (non-hydrogen) atoms. The molecule has 0 saturated heterocycles. The zero-order chi connectivity index (χ0) is 20.5. The zero-order valence-electron chi connectivity index (χ0n) is 16.1. The van der Waals surface area contributed by atoms with E-state index in [0.717, 1.165) is 11.8 Å². The first-order valence-electron chi connectivity index (χ1n) is 8.71. The van der Waals surface area contributed by atoms with E-state index < -0.39 is 9.84 Å². The van der Waals surface area contributed by atoms with E-state index >= 15 is 0 Å². The van der Waals surface area contributed by atoms with Gasteiger partial charge in [0.25, 0.3) is 11.8 Å². The van der Waals surface area contributed by atoms with Crippen molar-refractivity contribution in [3.8, 4) is 11.5 Å². The highest BCUT2D eigenvalue weighted by Gasteiger charge is 2.15. The molecular weight excluding hydrogens is 378 g/mol. The maximum Gasteiger partial charge on any atom is 0.257 e. The molecule has 0 saturated carbocycles. The summed E-state index contributed by atoms with van der Waals surface area (Å²) in [6.07, 6.45) is 1.11. The van der Waals surface area contributed by atoms with Crippen LogP contribution in [0.15, 0.2) is 51.9 Å². The lowest BCUT2D eigenvalue weighted by molar-refractivity contribution is 0.102. The number of nitrogens with one attached hydrogen (secondary N) is 1. The molecule has 0 atom stereocenters. The summed E-state index contributed by atoms with van der Waals surface area (Å²) in [4.78, 5) is 17.0. The van der Waals surface area contributed by atoms with Crippen LogP contribution in [0.3, 0.4) is 0 Å². The fourth-order valence-corrected chi connectivity index (χ4v) is 3.20. The number of hydrogen-bond donors (Lipinski definition) is 1. The number of carbonyl (C=O) groups excluding carboxylic acids is 1. The third-order valence-corrected chi connectivity index (χ3v) is 5.34. The summed E-state index contributed by atoms with van der Waals surface area (Å²) in [5.41, 5.74) is 2.31. The van der Waals surface area contributed by atoms with Gasteiger partial charge in [0.1, 0.15) is 0 Å². The van der Waals surface area contributed by atoms with Crippen molar-refractivity contribution in [3.63, 3.8) is 0 Å². The van der Waals surface area contributed by atoms with Crippen molar-refractivity contribution < 1.29 is 17.7 Å². The lowest BCUT2D eigenvalue weighted by atomic mass is 10.1. The average molecular weight is 399 g/mol. The normalized spacial score (nSPS) is 11.6. The molecule has 0 spiro atoms. The van der Waals surface area contributed by atoms with Crippen molar-refractivity contribution in [2.24, 2.45) is 0 Å². The number of amides is 1. The van der Waals surface area contributed by atoms with Gasteiger partial charge in [-0.05, 0) is 48.9 Å². The van der Waals surface area contributed by atoms with Crippen LogP contribution in [0.25, 0.3) is 11.5 Å². The summed E-state index contributed by atoms with van der Waals surface area (Å²) in [5.74, 6) is 0.838. The van der Waals surface area contributed by atoms with Gasteiger partial charge in [0.15, 0.2) is 15.7 Å². The molecule has 0 aliphatic rings. The molecule has 0 aliphatic carbocycles. The van der Waals surface area contributed by atoms with Crippen molar-refractivity contribution >= 4 is 21.4 Å². The SMILES string of the molecule is Cc1ccc(S(C)(=O)=O)cc1C(=O)Nc1ccc(-c2nc(C(C)C)no2)cc1. The number of anilines is 1. The van der Waals surface area contributed by atoms with Gasteiger partial charge in [0.2, 0.25) is 0 Å². The first kappa shape index (κ1) is 19.8. The Balaban J connectivity index is 1.79. The molecule has 0 fully saturated rings. The molecule has 0 bridgehead atoms. The van der Waals surface area contributed by atoms with Gasteiger partial charge in [0.05, 0.1) is 4.90 Å². The molecule has 3 rings (SSSR count). The fourth-order valence-electron chi connectivity index (χ4n) is 2.56. The van der Waals surface area contributed by atoms with E-state index in [1.54, 1.807) is 37.3 Å². The summed E-state index contributed by atoms with van der Waals surface area (Å²) < 4.78 is 28.7. The van der Waals surface area contributed by atoms with Crippen LogP contribution in [-0.4, -0.2) is 30.7 Å². The smallest absolute Gasteiger partial charge is 0.257 e. The number of rotatable bonds is 5. The summed E-state index contributed by atoms with van der Waals surface area (Å²) >= 11 is 0. The van der Waals surface area contributed by atoms with E-state index in [9.17, 15) is 13.2 Å². The van der Waals surface area contributed by atoms with Crippen LogP contribution in [0.1, 0.15) is 41.5 Å². The Bertz CT molecular complexity index is 1120. The molecule has 1 N–H and O–H groups in total. The number of sulfone groups is 1. The highest BCUT2D eigenvalue weighted by atomic mass is 32.2. The fraction of sp³-hybridized carbons (Fsp3) is 0.250. The largest absolute Gasteiger partial charge is 0.334 e. The molecule has 1 amide bonds. The van der Waals surface area contributed by atoms with Gasteiger partial charge < -0.3 is 9.84 Å². The van der Waals surface area contributed by atoms with Gasteiger partial charge in [0, 0.05) is 29.0 Å². The van der Waals surface area contributed by atoms with Crippen molar-refractivity contribution in [2.45, 2.75) is 31.6 Å². The molecule has 146 valence electrons. The Morgan fingerprint density at radius 2 is 1.79 bits per heavy atom. The summed E-state index contributed by atoms with van der Waals surface area (Å²) in [7, 11) is -3.39. The van der Waals surface area contributed by atoms with Gasteiger partial charge in [-0.25, -0.2) is 8.42 Å². The third kappa shape index (κ3) is 4.28. The van der Waals surface area contributed by atoms with Crippen LogP contribution in [0.5, 0.6) is 0 Å². The predicted octanol–water partition coefficient (Wildman–Crippen LogP) is 3.82. The molecule has 2 aromatic carbocycles. The lowest BCUT2D eigenvalue weighted by Crippen LogP contribution is -2.14. The molecule has 7 nitrogen and oxygen atoms in total. The molecule has 1 heterocycles. The number of aryl methyl sites for hydroxylation is 1. The van der Waals surface area contributed by atoms with E-state index in [4.69, 9.17) is 4.52 Å². The topological polar surface area (TPSA) is 102 Å². The van der Waals surface area contributed by atoms with Gasteiger partial charge in [-0.3, -0.25) is 4.79 Å². The summed E-state index contributed by atoms with van der Waals surface area (Å²) in [6.45, 7) is 5.72. The van der Waals surface area contributed by atoms with Gasteiger partial charge in [-0.2, -0.15) is 4.98 Å². The van der Waals surface area contributed by atoms with Crippen LogP contribution in [0, 0.1) is 6.92 Å². The van der Waals surface area contributed by atoms with E-state index in [0.29, 0.717) is 28.5 Å². The van der Waals surface area contributed by atoms with Gasteiger partial charge in [-0.1, -0.05) is 25.1 Å². The number of carbonyl (C=O) groups is 1. The van der Waals surface area contributed by atoms with Crippen molar-refractivity contribution in [1.82, 2.24) is 10.1 Å². The second-order valence-electron chi connectivity index (χ2n) is 6.89. The van der Waals surface area contributed by atoms with E-state index in [1.165, 1.54) is 12.1 Å². The predicted molar refractivity (Wildman–Crippen MR) is 106 cm³/mol. The Hall–Kier alpha value is -3.00. The zero-order valence-corrected chi connectivity index (χ0v) is 16.9. The summed E-state index contributed by atoms with van der Waals surface area (Å²) in [6, 6.07) is 11.5. The van der Waals surface area contributed by atoms with Crippen LogP contribution in [-0.2, 0) is 9.84 Å². The van der Waals surface area contributed by atoms with Gasteiger partial charge in [-0.15, -0.1) is 0 Å². The van der Waals surface area contributed by atoms with E-state index in [1.807, 2.05) is 13.8 Å². The quantitative estimate of drug-likeness (QED) is 0.700. The van der Waals surface area contributed by atoms with Crippen molar-refractivity contribution in [1.29, 1.82) is 0 Å². The molecule has 1 aromatic heterocycles. The highest BCUT2D eigenvalue weighted by Crippen LogP contribution is 2.23. The maximum atomic E-state index is 12.6. The Morgan fingerprint density at radius 1 is 1.11 bits per heavy atom. The standard InChI is InChI=1S/C20H21N3O4S/c1-12(2)18-22-20(27-23-18)14-6-8-15(9-7-14)21-19(24)17-11-16(28(4,25)26)10-5-13(17)3/h5-12H,1-4H3,(H,21,24). The van der Waals surface area contributed by atoms with Crippen molar-refractivity contribution in [2.75, 3.05) is 11.6 Å². The van der Waals surface area contributed by atoms with Crippen LogP contribution in [0.2, 0.25) is 0 Å². The monoisotopic (exact) mass is 399 g/mol. The third-order valence-electron chi connectivity index (χ3n) is 4.23. The minimum absolute atomic E-state index is 0.107. The van der Waals surface area contributed by atoms with Crippen LogP contribution >= 0.6 is 0 Å². The Labute approximate surface area is 163 Å². The number of aromatic nitrogens is 2. The minimum Gasteiger partial charge on any atom is -0.334 e. The average Bonchev–Trinajstić information content (AvgIpc) is 3.12. The Morgan fingerprint density at radius 3 is 2.36 bits per heavy atom. The van der Waals surface area contributed by atoms with Crippen molar-refractivity contribution in [3.05, 3.63) is 59.4 Å². The second-order valence-corrected chi connectivity index (χ2v) is 8.91. The number of hydrogen-bond acceptors (Lipinski definition) is 6. The molecule has 3 aromatic rings. The highest BCUT2D eigenvalue weighted by molar-refractivity contribution is 7.90. The molecule has 0 unspecified atom stereocenters. The first-order chi connectivity index (χ1) is 13.1. The molecule has 0 radical (unpaired) electrons. The number of benzene rings is 2. The second kappa shape index (κ2) is 7.55. The maximum absolute atomic E-state index is 12.6. The number of nitrogens with zero attached hydrogens (tertiary/aromatic N) is 2. The van der Waals surface area contributed by atoms with Gasteiger partial charge >= 0.3 is 0 Å². The lowest BCUT2D eigenvalue weighted by Gasteiger charge is -2.09. The molecule has 0 aliphatic heterocycles. The van der Waals surface area contributed by atoms with Crippen LogP contribution in [0.4, 0.5) is 5.69 Å². The summed E-state index contributed by atoms with van der Waals surface area (Å²) in [5, 5.41) is 6.71. The van der Waals surface area contributed by atoms with Crippen LogP contribution < -0.4 is 5.32 Å². The van der Waals surface area contributed by atoms with E-state index in [2.05, 4.69) is 15.5 Å².